The highest BCUT2D eigenvalue weighted by Crippen LogP contribution is 2.34. The maximum absolute atomic E-state index is 4.43. The molecule has 1 aromatic carbocycles. The van der Waals surface area contributed by atoms with Crippen LogP contribution in [0.25, 0.3) is 11.3 Å². The van der Waals surface area contributed by atoms with Crippen LogP contribution in [0, 0.1) is 13.8 Å². The van der Waals surface area contributed by atoms with Gasteiger partial charge >= 0.3 is 0 Å². The summed E-state index contributed by atoms with van der Waals surface area (Å²) in [6.45, 7) is 8.54. The van der Waals surface area contributed by atoms with E-state index < -0.39 is 0 Å². The zero-order chi connectivity index (χ0) is 12.6. The minimum atomic E-state index is 0.441. The van der Waals surface area contributed by atoms with Crippen LogP contribution in [-0.4, -0.2) is 10.2 Å². The first-order chi connectivity index (χ1) is 8.00. The molecule has 1 N–H and O–H groups in total. The monoisotopic (exact) mass is 292 g/mol. The van der Waals surface area contributed by atoms with E-state index in [-0.39, 0.29) is 0 Å². The van der Waals surface area contributed by atoms with E-state index in [0.29, 0.717) is 5.92 Å². The fourth-order valence-corrected chi connectivity index (χ4v) is 2.83. The molecule has 0 aliphatic heterocycles. The number of hydrogen-bond donors (Lipinski definition) is 1. The third-order valence-electron chi connectivity index (χ3n) is 2.95. The average molecular weight is 293 g/mol. The molecule has 90 valence electrons. The lowest BCUT2D eigenvalue weighted by atomic mass is 10.0. The molecule has 0 unspecified atom stereocenters. The van der Waals surface area contributed by atoms with Crippen molar-refractivity contribution in [1.29, 1.82) is 0 Å². The Morgan fingerprint density at radius 2 is 1.94 bits per heavy atom. The first kappa shape index (κ1) is 12.4. The normalized spacial score (nSPS) is 11.2. The Labute approximate surface area is 111 Å². The Morgan fingerprint density at radius 3 is 2.47 bits per heavy atom. The van der Waals surface area contributed by atoms with Gasteiger partial charge in [-0.15, -0.1) is 0 Å². The van der Waals surface area contributed by atoms with Crippen molar-refractivity contribution in [3.63, 3.8) is 0 Å². The number of nitrogens with one attached hydrogen (secondary N) is 1. The van der Waals surface area contributed by atoms with Crippen LogP contribution in [0.4, 0.5) is 0 Å². The number of H-pyrrole nitrogens is 1. The van der Waals surface area contributed by atoms with Crippen molar-refractivity contribution in [2.24, 2.45) is 0 Å². The molecule has 1 aromatic heterocycles. The van der Waals surface area contributed by atoms with Gasteiger partial charge in [0.15, 0.2) is 0 Å². The van der Waals surface area contributed by atoms with Gasteiger partial charge < -0.3 is 0 Å². The predicted octanol–water partition coefficient (Wildman–Crippen LogP) is 4.58. The molecular weight excluding hydrogens is 276 g/mol. The SMILES string of the molecule is Cc1ccc(-c2n[nH]c(C(C)C)c2Br)c(C)c1. The minimum Gasteiger partial charge on any atom is -0.281 e. The van der Waals surface area contributed by atoms with Gasteiger partial charge in [-0.1, -0.05) is 37.6 Å². The number of nitrogens with zero attached hydrogens (tertiary/aromatic N) is 1. The van der Waals surface area contributed by atoms with Crippen molar-refractivity contribution < 1.29 is 0 Å². The number of aromatic nitrogens is 2. The zero-order valence-electron chi connectivity index (χ0n) is 10.6. The third kappa shape index (κ3) is 2.29. The molecule has 17 heavy (non-hydrogen) atoms. The molecule has 0 aliphatic rings. The molecular formula is C14H17BrN2. The van der Waals surface area contributed by atoms with E-state index in [2.05, 4.69) is 72.0 Å². The number of hydrogen-bond acceptors (Lipinski definition) is 1. The molecule has 3 heteroatoms. The molecule has 0 atom stereocenters. The summed E-state index contributed by atoms with van der Waals surface area (Å²) in [4.78, 5) is 0. The Balaban J connectivity index is 2.54. The number of aryl methyl sites for hydroxylation is 2. The van der Waals surface area contributed by atoms with Crippen molar-refractivity contribution in [2.45, 2.75) is 33.6 Å². The van der Waals surface area contributed by atoms with Crippen molar-refractivity contribution in [2.75, 3.05) is 0 Å². The van der Waals surface area contributed by atoms with Crippen molar-refractivity contribution >= 4 is 15.9 Å². The van der Waals surface area contributed by atoms with E-state index in [1.165, 1.54) is 16.7 Å². The maximum atomic E-state index is 4.43. The summed E-state index contributed by atoms with van der Waals surface area (Å²) in [7, 11) is 0. The molecule has 2 rings (SSSR count). The van der Waals surface area contributed by atoms with E-state index >= 15 is 0 Å². The molecule has 1 heterocycles. The summed E-state index contributed by atoms with van der Waals surface area (Å²) >= 11 is 3.65. The van der Waals surface area contributed by atoms with Gasteiger partial charge in [-0.25, -0.2) is 0 Å². The summed E-state index contributed by atoms with van der Waals surface area (Å²) in [6, 6.07) is 6.44. The smallest absolute Gasteiger partial charge is 0.107 e. The summed E-state index contributed by atoms with van der Waals surface area (Å²) in [5, 5.41) is 7.54. The van der Waals surface area contributed by atoms with E-state index in [4.69, 9.17) is 0 Å². The molecule has 0 spiro atoms. The van der Waals surface area contributed by atoms with Gasteiger partial charge in [0.1, 0.15) is 5.69 Å². The molecule has 2 nitrogen and oxygen atoms in total. The van der Waals surface area contributed by atoms with Crippen LogP contribution in [0.5, 0.6) is 0 Å². The second-order valence-electron chi connectivity index (χ2n) is 4.77. The van der Waals surface area contributed by atoms with Crippen molar-refractivity contribution in [3.05, 3.63) is 39.5 Å². The highest BCUT2D eigenvalue weighted by molar-refractivity contribution is 9.10. The van der Waals surface area contributed by atoms with Gasteiger partial charge in [0.05, 0.1) is 10.2 Å². The van der Waals surface area contributed by atoms with Crippen LogP contribution in [0.2, 0.25) is 0 Å². The van der Waals surface area contributed by atoms with Crippen molar-refractivity contribution in [3.8, 4) is 11.3 Å². The first-order valence-corrected chi connectivity index (χ1v) is 6.61. The molecule has 0 saturated heterocycles. The number of aromatic amines is 1. The van der Waals surface area contributed by atoms with Crippen molar-refractivity contribution in [1.82, 2.24) is 10.2 Å². The fourth-order valence-electron chi connectivity index (χ4n) is 1.98. The molecule has 0 saturated carbocycles. The standard InChI is InChI=1S/C14H17BrN2/c1-8(2)13-12(15)14(17-16-13)11-6-5-9(3)7-10(11)4/h5-8H,1-4H3,(H,16,17). The molecule has 0 bridgehead atoms. The van der Waals surface area contributed by atoms with Crippen LogP contribution in [0.3, 0.4) is 0 Å². The summed E-state index contributed by atoms with van der Waals surface area (Å²) in [5.41, 5.74) is 5.88. The Morgan fingerprint density at radius 1 is 1.24 bits per heavy atom. The Hall–Kier alpha value is -1.09. The van der Waals surface area contributed by atoms with Crippen LogP contribution in [-0.2, 0) is 0 Å². The lowest BCUT2D eigenvalue weighted by Crippen LogP contribution is -1.88. The lowest BCUT2D eigenvalue weighted by Gasteiger charge is -2.05. The van der Waals surface area contributed by atoms with Gasteiger partial charge in [0.2, 0.25) is 0 Å². The van der Waals surface area contributed by atoms with Gasteiger partial charge in [-0.3, -0.25) is 5.10 Å². The largest absolute Gasteiger partial charge is 0.281 e. The quantitative estimate of drug-likeness (QED) is 0.862. The Bertz CT molecular complexity index is 541. The molecule has 0 amide bonds. The van der Waals surface area contributed by atoms with Gasteiger partial charge in [0.25, 0.3) is 0 Å². The van der Waals surface area contributed by atoms with Crippen LogP contribution in [0.15, 0.2) is 22.7 Å². The van der Waals surface area contributed by atoms with E-state index in [0.717, 1.165) is 15.9 Å². The topological polar surface area (TPSA) is 28.7 Å². The highest BCUT2D eigenvalue weighted by atomic mass is 79.9. The molecule has 0 fully saturated rings. The summed E-state index contributed by atoms with van der Waals surface area (Å²) < 4.78 is 1.08. The van der Waals surface area contributed by atoms with E-state index in [1.54, 1.807) is 0 Å². The summed E-state index contributed by atoms with van der Waals surface area (Å²) in [6.07, 6.45) is 0. The number of halogens is 1. The second kappa shape index (κ2) is 4.65. The van der Waals surface area contributed by atoms with Crippen LogP contribution < -0.4 is 0 Å². The van der Waals surface area contributed by atoms with Crippen LogP contribution in [0.1, 0.15) is 36.6 Å². The highest BCUT2D eigenvalue weighted by Gasteiger charge is 2.15. The van der Waals surface area contributed by atoms with E-state index in [9.17, 15) is 0 Å². The van der Waals surface area contributed by atoms with Gasteiger partial charge in [-0.05, 0) is 41.3 Å². The van der Waals surface area contributed by atoms with Gasteiger partial charge in [0, 0.05) is 5.56 Å². The maximum Gasteiger partial charge on any atom is 0.107 e. The number of rotatable bonds is 2. The Kier molecular flexibility index (Phi) is 3.38. The summed E-state index contributed by atoms with van der Waals surface area (Å²) in [5.74, 6) is 0.441. The lowest BCUT2D eigenvalue weighted by molar-refractivity contribution is 0.807. The van der Waals surface area contributed by atoms with Crippen LogP contribution >= 0.6 is 15.9 Å². The van der Waals surface area contributed by atoms with E-state index in [1.807, 2.05) is 0 Å². The first-order valence-electron chi connectivity index (χ1n) is 5.82. The third-order valence-corrected chi connectivity index (χ3v) is 3.75. The molecule has 0 aliphatic carbocycles. The second-order valence-corrected chi connectivity index (χ2v) is 5.57. The minimum absolute atomic E-state index is 0.441. The van der Waals surface area contributed by atoms with Gasteiger partial charge in [-0.2, -0.15) is 5.10 Å². The average Bonchev–Trinajstić information content (AvgIpc) is 2.60. The molecule has 2 aromatic rings. The molecule has 0 radical (unpaired) electrons. The zero-order valence-corrected chi connectivity index (χ0v) is 12.2. The number of benzene rings is 1. The predicted molar refractivity (Wildman–Crippen MR) is 75.3 cm³/mol. The fraction of sp³-hybridized carbons (Fsp3) is 0.357.